The summed E-state index contributed by atoms with van der Waals surface area (Å²) < 4.78 is 24.2. The molecule has 0 unspecified atom stereocenters. The van der Waals surface area contributed by atoms with Crippen molar-refractivity contribution in [1.29, 1.82) is 0 Å². The molecule has 4 rings (SSSR count). The number of carbonyl (C=O) groups is 1. The van der Waals surface area contributed by atoms with Gasteiger partial charge in [0.1, 0.15) is 17.6 Å². The van der Waals surface area contributed by atoms with Crippen LogP contribution in [0.3, 0.4) is 0 Å². The molecule has 8 heteroatoms. The van der Waals surface area contributed by atoms with E-state index in [1.54, 1.807) is 24.0 Å². The third-order valence-corrected chi connectivity index (χ3v) is 4.03. The summed E-state index contributed by atoms with van der Waals surface area (Å²) in [5, 5.41) is 8.46. The lowest BCUT2D eigenvalue weighted by Crippen LogP contribution is -2.43. The minimum atomic E-state index is -0.435. The summed E-state index contributed by atoms with van der Waals surface area (Å²) >= 11 is 0. The zero-order chi connectivity index (χ0) is 16.7. The number of nitrogens with one attached hydrogen (secondary N) is 1. The smallest absolute Gasteiger partial charge is 0.271 e. The maximum atomic E-state index is 13.3. The van der Waals surface area contributed by atoms with E-state index in [1.165, 1.54) is 12.1 Å². The molecule has 1 N–H and O–H groups in total. The molecule has 1 fully saturated rings. The molecule has 0 aliphatic carbocycles. The topological polar surface area (TPSA) is 84.3 Å². The van der Waals surface area contributed by atoms with Crippen molar-refractivity contribution in [3.8, 4) is 0 Å². The van der Waals surface area contributed by atoms with E-state index >= 15 is 0 Å². The lowest BCUT2D eigenvalue weighted by atomic mass is 10.2. The van der Waals surface area contributed by atoms with E-state index in [4.69, 9.17) is 9.15 Å². The summed E-state index contributed by atoms with van der Waals surface area (Å²) in [6.07, 6.45) is 0. The second-order valence-electron chi connectivity index (χ2n) is 5.66. The van der Waals surface area contributed by atoms with Crippen molar-refractivity contribution >= 4 is 16.8 Å². The number of ether oxygens (including phenoxy) is 1. The molecule has 3 heterocycles. The summed E-state index contributed by atoms with van der Waals surface area (Å²) in [5.74, 6) is 0.230. The van der Waals surface area contributed by atoms with Gasteiger partial charge in [0.25, 0.3) is 5.91 Å². The van der Waals surface area contributed by atoms with Crippen LogP contribution in [0.25, 0.3) is 10.9 Å². The van der Waals surface area contributed by atoms with Gasteiger partial charge in [0.05, 0.1) is 13.2 Å². The van der Waals surface area contributed by atoms with Crippen LogP contribution in [0.1, 0.15) is 28.3 Å². The van der Waals surface area contributed by atoms with Crippen LogP contribution in [0, 0.1) is 12.7 Å². The van der Waals surface area contributed by atoms with Crippen LogP contribution in [0.2, 0.25) is 0 Å². The highest BCUT2D eigenvalue weighted by Gasteiger charge is 2.33. The second kappa shape index (κ2) is 5.72. The van der Waals surface area contributed by atoms with Crippen molar-refractivity contribution in [2.45, 2.75) is 13.0 Å². The fourth-order valence-corrected chi connectivity index (χ4v) is 2.87. The van der Waals surface area contributed by atoms with E-state index in [1.807, 2.05) is 0 Å². The van der Waals surface area contributed by atoms with Crippen LogP contribution in [0.15, 0.2) is 28.7 Å². The van der Waals surface area contributed by atoms with Crippen molar-refractivity contribution in [2.24, 2.45) is 0 Å². The maximum Gasteiger partial charge on any atom is 0.271 e. The average molecular weight is 330 g/mol. The molecule has 1 saturated heterocycles. The summed E-state index contributed by atoms with van der Waals surface area (Å²) in [6.45, 7) is 2.83. The van der Waals surface area contributed by atoms with Crippen LogP contribution >= 0.6 is 0 Å². The lowest BCUT2D eigenvalue weighted by molar-refractivity contribution is -0.0108. The number of amides is 1. The number of H-pyrrole nitrogens is 1. The van der Waals surface area contributed by atoms with Crippen molar-refractivity contribution in [2.75, 3.05) is 19.8 Å². The molecule has 1 aliphatic heterocycles. The van der Waals surface area contributed by atoms with Gasteiger partial charge in [-0.15, -0.1) is 10.2 Å². The molecular formula is C16H15FN4O3. The van der Waals surface area contributed by atoms with E-state index < -0.39 is 6.04 Å². The Balaban J connectivity index is 1.67. The largest absolute Gasteiger partial charge is 0.423 e. The Morgan fingerprint density at radius 2 is 2.25 bits per heavy atom. The predicted molar refractivity (Wildman–Crippen MR) is 81.9 cm³/mol. The van der Waals surface area contributed by atoms with Gasteiger partial charge in [-0.05, 0) is 24.3 Å². The summed E-state index contributed by atoms with van der Waals surface area (Å²) in [6, 6.07) is 5.56. The van der Waals surface area contributed by atoms with Crippen molar-refractivity contribution < 1.29 is 18.3 Å². The molecule has 0 bridgehead atoms. The van der Waals surface area contributed by atoms with Crippen molar-refractivity contribution in [3.05, 3.63) is 47.6 Å². The number of aromatic nitrogens is 3. The Hall–Kier alpha value is -2.74. The number of halogens is 1. The third-order valence-electron chi connectivity index (χ3n) is 4.03. The second-order valence-corrected chi connectivity index (χ2v) is 5.66. The lowest BCUT2D eigenvalue weighted by Gasteiger charge is -2.33. The first-order valence-corrected chi connectivity index (χ1v) is 7.59. The van der Waals surface area contributed by atoms with Gasteiger partial charge in [-0.1, -0.05) is 0 Å². The molecule has 0 radical (unpaired) electrons. The van der Waals surface area contributed by atoms with Crippen LogP contribution < -0.4 is 0 Å². The molecule has 1 atom stereocenters. The molecule has 0 saturated carbocycles. The number of hydrogen-bond donors (Lipinski definition) is 1. The molecule has 1 aromatic carbocycles. The van der Waals surface area contributed by atoms with E-state index in [0.717, 1.165) is 0 Å². The Labute approximate surface area is 136 Å². The van der Waals surface area contributed by atoms with Gasteiger partial charge in [-0.25, -0.2) is 4.39 Å². The maximum absolute atomic E-state index is 13.3. The summed E-state index contributed by atoms with van der Waals surface area (Å²) in [5.41, 5.74) is 1.09. The quantitative estimate of drug-likeness (QED) is 0.779. The highest BCUT2D eigenvalue weighted by molar-refractivity contribution is 5.98. The number of benzene rings is 1. The molecule has 7 nitrogen and oxygen atoms in total. The highest BCUT2D eigenvalue weighted by atomic mass is 19.1. The Kier molecular flexibility index (Phi) is 3.53. The number of fused-ring (bicyclic) bond motifs is 1. The monoisotopic (exact) mass is 330 g/mol. The third kappa shape index (κ3) is 2.54. The molecule has 2 aromatic heterocycles. The van der Waals surface area contributed by atoms with Crippen LogP contribution in [-0.2, 0) is 4.74 Å². The number of carbonyl (C=O) groups excluding carboxylic acids is 1. The molecular weight excluding hydrogens is 315 g/mol. The fourth-order valence-electron chi connectivity index (χ4n) is 2.87. The van der Waals surface area contributed by atoms with Gasteiger partial charge < -0.3 is 19.0 Å². The molecule has 3 aromatic rings. The number of rotatable bonds is 2. The zero-order valence-electron chi connectivity index (χ0n) is 13.0. The molecule has 24 heavy (non-hydrogen) atoms. The van der Waals surface area contributed by atoms with Crippen molar-refractivity contribution in [1.82, 2.24) is 20.1 Å². The van der Waals surface area contributed by atoms with Gasteiger partial charge in [0.2, 0.25) is 11.8 Å². The number of aryl methyl sites for hydroxylation is 1. The van der Waals surface area contributed by atoms with E-state index in [9.17, 15) is 9.18 Å². The Morgan fingerprint density at radius 3 is 3.04 bits per heavy atom. The number of hydrogen-bond acceptors (Lipinski definition) is 5. The fraction of sp³-hybridized carbons (Fsp3) is 0.312. The summed E-state index contributed by atoms with van der Waals surface area (Å²) in [7, 11) is 0. The molecule has 0 spiro atoms. The Bertz CT molecular complexity index is 904. The first kappa shape index (κ1) is 14.8. The highest BCUT2D eigenvalue weighted by Crippen LogP contribution is 2.26. The molecule has 1 amide bonds. The number of morpholine rings is 1. The van der Waals surface area contributed by atoms with Gasteiger partial charge in [-0.2, -0.15) is 0 Å². The van der Waals surface area contributed by atoms with Crippen LogP contribution in [0.5, 0.6) is 0 Å². The zero-order valence-corrected chi connectivity index (χ0v) is 13.0. The molecule has 124 valence electrons. The van der Waals surface area contributed by atoms with Gasteiger partial charge in [0.15, 0.2) is 0 Å². The SMILES string of the molecule is Cc1nnc([C@@H]2COCCN2C(=O)c2cc3cc(F)ccc3[nH]2)o1. The van der Waals surface area contributed by atoms with Crippen molar-refractivity contribution in [3.63, 3.8) is 0 Å². The standard InChI is InChI=1S/C16H15FN4O3/c1-9-19-20-15(24-9)14-8-23-5-4-21(14)16(22)13-7-10-6-11(17)2-3-12(10)18-13/h2-3,6-7,14,18H,4-5,8H2,1H3/t14-/m0/s1. The van der Waals surface area contributed by atoms with Gasteiger partial charge >= 0.3 is 0 Å². The normalized spacial score (nSPS) is 18.2. The van der Waals surface area contributed by atoms with E-state index in [-0.39, 0.29) is 11.7 Å². The van der Waals surface area contributed by atoms with Crippen LogP contribution in [-0.4, -0.2) is 45.7 Å². The minimum Gasteiger partial charge on any atom is -0.423 e. The Morgan fingerprint density at radius 1 is 1.38 bits per heavy atom. The summed E-state index contributed by atoms with van der Waals surface area (Å²) in [4.78, 5) is 17.6. The van der Waals surface area contributed by atoms with E-state index in [2.05, 4.69) is 15.2 Å². The van der Waals surface area contributed by atoms with E-state index in [0.29, 0.717) is 48.1 Å². The number of nitrogens with zero attached hydrogens (tertiary/aromatic N) is 3. The van der Waals surface area contributed by atoms with Gasteiger partial charge in [0, 0.05) is 24.4 Å². The van der Waals surface area contributed by atoms with Crippen LogP contribution in [0.4, 0.5) is 4.39 Å². The van der Waals surface area contributed by atoms with Gasteiger partial charge in [-0.3, -0.25) is 4.79 Å². The first-order chi connectivity index (χ1) is 11.6. The average Bonchev–Trinajstić information content (AvgIpc) is 3.20. The molecule has 1 aliphatic rings. The first-order valence-electron chi connectivity index (χ1n) is 7.59. The minimum absolute atomic E-state index is 0.212. The predicted octanol–water partition coefficient (Wildman–Crippen LogP) is 2.21. The number of aromatic amines is 1.